The van der Waals surface area contributed by atoms with Gasteiger partial charge in [-0.3, -0.25) is 4.79 Å². The molecule has 0 aliphatic carbocycles. The molecule has 0 fully saturated rings. The first-order chi connectivity index (χ1) is 15.6. The van der Waals surface area contributed by atoms with Gasteiger partial charge < -0.3 is 23.9 Å². The summed E-state index contributed by atoms with van der Waals surface area (Å²) in [5.74, 6) is 1.71. The summed E-state index contributed by atoms with van der Waals surface area (Å²) < 4.78 is 21.2. The molecule has 1 aromatic heterocycles. The van der Waals surface area contributed by atoms with Crippen molar-refractivity contribution in [2.75, 3.05) is 25.3 Å². The van der Waals surface area contributed by atoms with E-state index in [1.807, 2.05) is 0 Å². The molecule has 3 aromatic rings. The van der Waals surface area contributed by atoms with Crippen molar-refractivity contribution >= 4 is 23.8 Å². The number of rotatable bonds is 8. The number of benzene rings is 2. The van der Waals surface area contributed by atoms with Crippen LogP contribution in [0.3, 0.4) is 0 Å². The van der Waals surface area contributed by atoms with E-state index in [1.54, 1.807) is 61.5 Å². The van der Waals surface area contributed by atoms with Crippen molar-refractivity contribution < 1.29 is 28.2 Å². The highest BCUT2D eigenvalue weighted by Crippen LogP contribution is 2.34. The van der Waals surface area contributed by atoms with E-state index >= 15 is 0 Å². The quantitative estimate of drug-likeness (QED) is 0.317. The molecule has 9 heteroatoms. The number of furan rings is 1. The zero-order chi connectivity index (χ0) is 22.3. The molecule has 2 aromatic carbocycles. The van der Waals surface area contributed by atoms with E-state index < -0.39 is 0 Å². The fourth-order valence-corrected chi connectivity index (χ4v) is 2.96. The van der Waals surface area contributed by atoms with Gasteiger partial charge in [0.05, 0.1) is 24.9 Å². The Kier molecular flexibility index (Phi) is 6.35. The van der Waals surface area contributed by atoms with Crippen LogP contribution in [-0.4, -0.2) is 38.0 Å². The van der Waals surface area contributed by atoms with Gasteiger partial charge in [0, 0.05) is 17.3 Å². The summed E-state index contributed by atoms with van der Waals surface area (Å²) in [5.41, 5.74) is 4.44. The van der Waals surface area contributed by atoms with Crippen LogP contribution in [0.1, 0.15) is 23.0 Å². The van der Waals surface area contributed by atoms with Crippen LogP contribution in [0.2, 0.25) is 0 Å². The third-order valence-corrected chi connectivity index (χ3v) is 4.51. The Morgan fingerprint density at radius 3 is 2.69 bits per heavy atom. The molecule has 0 atom stereocenters. The molecule has 0 spiro atoms. The molecule has 0 saturated carbocycles. The van der Waals surface area contributed by atoms with Crippen molar-refractivity contribution in [1.29, 1.82) is 0 Å². The zero-order valence-corrected chi connectivity index (χ0v) is 17.3. The van der Waals surface area contributed by atoms with Gasteiger partial charge in [-0.2, -0.15) is 5.10 Å². The number of esters is 1. The van der Waals surface area contributed by atoms with E-state index in [-0.39, 0.29) is 25.2 Å². The molecule has 164 valence electrons. The van der Waals surface area contributed by atoms with Gasteiger partial charge in [-0.15, -0.1) is 0 Å². The summed E-state index contributed by atoms with van der Waals surface area (Å²) in [6.45, 7) is 2.32. The van der Waals surface area contributed by atoms with E-state index in [1.165, 1.54) is 6.21 Å². The maximum atomic E-state index is 12.0. The molecular weight excluding hydrogens is 414 g/mol. The van der Waals surface area contributed by atoms with Crippen LogP contribution < -0.4 is 20.2 Å². The van der Waals surface area contributed by atoms with Crippen molar-refractivity contribution in [2.45, 2.75) is 6.92 Å². The number of anilines is 1. The number of carbonyl (C=O) groups excluding carboxylic acids is 2. The SMILES string of the molecule is CCOC(=O)c1ccc(-c2ccc(/C=N\NC(=O)CNc3ccc4c(c3)OCO4)o2)cc1. The monoisotopic (exact) mass is 435 g/mol. The van der Waals surface area contributed by atoms with Crippen molar-refractivity contribution in [3.05, 3.63) is 65.9 Å². The first-order valence-electron chi connectivity index (χ1n) is 9.95. The number of hydrogen-bond acceptors (Lipinski definition) is 8. The van der Waals surface area contributed by atoms with Crippen LogP contribution in [0.5, 0.6) is 11.5 Å². The Balaban J connectivity index is 1.27. The van der Waals surface area contributed by atoms with Gasteiger partial charge in [0.15, 0.2) is 11.5 Å². The summed E-state index contributed by atoms with van der Waals surface area (Å²) in [6.07, 6.45) is 1.41. The maximum Gasteiger partial charge on any atom is 0.338 e. The Labute approximate surface area is 184 Å². The minimum Gasteiger partial charge on any atom is -0.462 e. The van der Waals surface area contributed by atoms with Crippen LogP contribution in [0.4, 0.5) is 5.69 Å². The van der Waals surface area contributed by atoms with Crippen molar-refractivity contribution in [1.82, 2.24) is 5.43 Å². The van der Waals surface area contributed by atoms with E-state index in [4.69, 9.17) is 18.6 Å². The number of nitrogens with zero attached hydrogens (tertiary/aromatic N) is 1. The Hall–Kier alpha value is -4.27. The van der Waals surface area contributed by atoms with Gasteiger partial charge in [-0.1, -0.05) is 12.1 Å². The summed E-state index contributed by atoms with van der Waals surface area (Å²) in [5, 5.41) is 6.90. The number of nitrogens with one attached hydrogen (secondary N) is 2. The smallest absolute Gasteiger partial charge is 0.338 e. The lowest BCUT2D eigenvalue weighted by Gasteiger charge is -2.06. The van der Waals surface area contributed by atoms with E-state index in [0.29, 0.717) is 35.2 Å². The molecule has 0 unspecified atom stereocenters. The molecule has 2 N–H and O–H groups in total. The molecule has 1 aliphatic rings. The van der Waals surface area contributed by atoms with Gasteiger partial charge in [-0.25, -0.2) is 10.2 Å². The van der Waals surface area contributed by atoms with Gasteiger partial charge >= 0.3 is 5.97 Å². The maximum absolute atomic E-state index is 12.0. The van der Waals surface area contributed by atoms with Crippen LogP contribution in [0, 0.1) is 0 Å². The Morgan fingerprint density at radius 2 is 1.88 bits per heavy atom. The minimum atomic E-state index is -0.366. The normalized spacial score (nSPS) is 12.0. The fourth-order valence-electron chi connectivity index (χ4n) is 2.96. The molecule has 1 amide bonds. The lowest BCUT2D eigenvalue weighted by atomic mass is 10.1. The number of amides is 1. The number of fused-ring (bicyclic) bond motifs is 1. The summed E-state index contributed by atoms with van der Waals surface area (Å²) >= 11 is 0. The molecule has 9 nitrogen and oxygen atoms in total. The van der Waals surface area contributed by atoms with Gasteiger partial charge in [0.25, 0.3) is 5.91 Å². The molecule has 0 saturated heterocycles. The van der Waals surface area contributed by atoms with Gasteiger partial charge in [0.2, 0.25) is 6.79 Å². The van der Waals surface area contributed by atoms with Crippen LogP contribution >= 0.6 is 0 Å². The Morgan fingerprint density at radius 1 is 1.06 bits per heavy atom. The summed E-state index contributed by atoms with van der Waals surface area (Å²) in [6, 6.07) is 15.8. The van der Waals surface area contributed by atoms with Crippen LogP contribution in [0.15, 0.2) is 64.1 Å². The van der Waals surface area contributed by atoms with E-state index in [0.717, 1.165) is 11.3 Å². The fraction of sp³-hybridized carbons (Fsp3) is 0.174. The highest BCUT2D eigenvalue weighted by molar-refractivity contribution is 5.90. The topological polar surface area (TPSA) is 111 Å². The molecule has 0 radical (unpaired) electrons. The second kappa shape index (κ2) is 9.69. The van der Waals surface area contributed by atoms with Crippen molar-refractivity contribution in [2.24, 2.45) is 5.10 Å². The van der Waals surface area contributed by atoms with Crippen molar-refractivity contribution in [3.63, 3.8) is 0 Å². The van der Waals surface area contributed by atoms with Crippen molar-refractivity contribution in [3.8, 4) is 22.8 Å². The van der Waals surface area contributed by atoms with Crippen LogP contribution in [0.25, 0.3) is 11.3 Å². The predicted octanol–water partition coefficient (Wildman–Crippen LogP) is 3.41. The van der Waals surface area contributed by atoms with Gasteiger partial charge in [0.1, 0.15) is 11.5 Å². The highest BCUT2D eigenvalue weighted by Gasteiger charge is 2.13. The van der Waals surface area contributed by atoms with E-state index in [2.05, 4.69) is 15.8 Å². The number of hydrogen-bond donors (Lipinski definition) is 2. The second-order valence-electron chi connectivity index (χ2n) is 6.71. The third kappa shape index (κ3) is 5.07. The average molecular weight is 435 g/mol. The first-order valence-corrected chi connectivity index (χ1v) is 9.95. The van der Waals surface area contributed by atoms with Gasteiger partial charge in [-0.05, 0) is 43.3 Å². The lowest BCUT2D eigenvalue weighted by Crippen LogP contribution is -2.25. The predicted molar refractivity (Wildman–Crippen MR) is 117 cm³/mol. The largest absolute Gasteiger partial charge is 0.462 e. The molecule has 1 aliphatic heterocycles. The Bertz CT molecular complexity index is 1140. The third-order valence-electron chi connectivity index (χ3n) is 4.51. The standard InChI is InChI=1S/C23H21N3O6/c1-2-29-23(28)16-5-3-15(4-6-16)19-10-8-18(32-19)12-25-26-22(27)13-24-17-7-9-20-21(11-17)31-14-30-20/h3-12,24H,2,13-14H2,1H3,(H,26,27)/b25-12-. The average Bonchev–Trinajstić information content (AvgIpc) is 3.47. The highest BCUT2D eigenvalue weighted by atomic mass is 16.7. The zero-order valence-electron chi connectivity index (χ0n) is 17.3. The number of carbonyl (C=O) groups is 2. The molecule has 4 rings (SSSR count). The van der Waals surface area contributed by atoms with Crippen LogP contribution in [-0.2, 0) is 9.53 Å². The second-order valence-corrected chi connectivity index (χ2v) is 6.71. The number of ether oxygens (including phenoxy) is 3. The lowest BCUT2D eigenvalue weighted by molar-refractivity contribution is -0.119. The van der Waals surface area contributed by atoms with E-state index in [9.17, 15) is 9.59 Å². The molecule has 2 heterocycles. The molecular formula is C23H21N3O6. The summed E-state index contributed by atoms with van der Waals surface area (Å²) in [7, 11) is 0. The number of hydrazone groups is 1. The minimum absolute atomic E-state index is 0.0349. The molecule has 32 heavy (non-hydrogen) atoms. The molecule has 0 bridgehead atoms. The first kappa shape index (κ1) is 21.0. The summed E-state index contributed by atoms with van der Waals surface area (Å²) in [4.78, 5) is 23.7.